The molecule has 20 heavy (non-hydrogen) atoms. The fraction of sp³-hybridized carbons (Fsp3) is 0.692. The van der Waals surface area contributed by atoms with Crippen molar-refractivity contribution >= 4 is 23.4 Å². The molecule has 0 atom stereocenters. The summed E-state index contributed by atoms with van der Waals surface area (Å²) in [6.07, 6.45) is 0.864. The van der Waals surface area contributed by atoms with E-state index in [1.54, 1.807) is 6.92 Å². The maximum absolute atomic E-state index is 12.0. The Morgan fingerprint density at radius 3 is 2.65 bits per heavy atom. The molecule has 0 aliphatic rings. The summed E-state index contributed by atoms with van der Waals surface area (Å²) in [6.45, 7) is 8.54. The van der Waals surface area contributed by atoms with Crippen LogP contribution in [0.1, 0.15) is 55.9 Å². The third-order valence-electron chi connectivity index (χ3n) is 2.55. The van der Waals surface area contributed by atoms with Gasteiger partial charge in [-0.15, -0.1) is 5.10 Å². The Morgan fingerprint density at radius 1 is 1.35 bits per heavy atom. The summed E-state index contributed by atoms with van der Waals surface area (Å²) < 4.78 is 8.66. The summed E-state index contributed by atoms with van der Waals surface area (Å²) in [6, 6.07) is 0. The van der Waals surface area contributed by atoms with Crippen molar-refractivity contribution < 1.29 is 14.3 Å². The molecular weight excluding hydrogens is 278 g/mol. The van der Waals surface area contributed by atoms with Gasteiger partial charge in [0.05, 0.1) is 12.3 Å². The smallest absolute Gasteiger partial charge is 0.305 e. The molecule has 1 heterocycles. The summed E-state index contributed by atoms with van der Waals surface area (Å²) in [5.41, 5.74) is 0.482. The Labute approximate surface area is 123 Å². The normalized spacial score (nSPS) is 11.2. The Hall–Kier alpha value is -1.50. The number of nitrogens with zero attached hydrogens (tertiary/aromatic N) is 2. The summed E-state index contributed by atoms with van der Waals surface area (Å²) in [7, 11) is 0. The van der Waals surface area contributed by atoms with Gasteiger partial charge in [0.2, 0.25) is 0 Å². The van der Waals surface area contributed by atoms with Crippen LogP contribution in [-0.2, 0) is 14.9 Å². The van der Waals surface area contributed by atoms with Crippen LogP contribution in [0, 0.1) is 0 Å². The van der Waals surface area contributed by atoms with Gasteiger partial charge in [0, 0.05) is 18.4 Å². The van der Waals surface area contributed by atoms with E-state index in [9.17, 15) is 9.59 Å². The number of amides is 1. The first-order chi connectivity index (χ1) is 9.36. The van der Waals surface area contributed by atoms with Crippen molar-refractivity contribution in [2.24, 2.45) is 0 Å². The van der Waals surface area contributed by atoms with Crippen molar-refractivity contribution in [1.29, 1.82) is 0 Å². The minimum absolute atomic E-state index is 0.186. The molecular formula is C13H21N3O3S. The average molecular weight is 299 g/mol. The number of nitrogens with one attached hydrogen (secondary N) is 1. The number of hydrogen-bond acceptors (Lipinski definition) is 6. The van der Waals surface area contributed by atoms with Crippen LogP contribution in [-0.4, -0.2) is 34.6 Å². The zero-order valence-electron chi connectivity index (χ0n) is 12.4. The van der Waals surface area contributed by atoms with E-state index in [2.05, 4.69) is 14.9 Å². The SMILES string of the molecule is CCOC(=O)CCCNC(=O)c1snnc1C(C)(C)C. The van der Waals surface area contributed by atoms with E-state index in [1.807, 2.05) is 20.8 Å². The topological polar surface area (TPSA) is 81.2 Å². The first-order valence-corrected chi connectivity index (χ1v) is 7.40. The van der Waals surface area contributed by atoms with E-state index < -0.39 is 0 Å². The van der Waals surface area contributed by atoms with Crippen LogP contribution in [0.2, 0.25) is 0 Å². The van der Waals surface area contributed by atoms with E-state index in [0.29, 0.717) is 36.6 Å². The lowest BCUT2D eigenvalue weighted by atomic mass is 9.91. The lowest BCUT2D eigenvalue weighted by Gasteiger charge is -2.16. The minimum Gasteiger partial charge on any atom is -0.466 e. The van der Waals surface area contributed by atoms with Crippen molar-refractivity contribution in [3.8, 4) is 0 Å². The summed E-state index contributed by atoms with van der Waals surface area (Å²) in [5.74, 6) is -0.426. The molecule has 7 heteroatoms. The highest BCUT2D eigenvalue weighted by molar-refractivity contribution is 7.08. The van der Waals surface area contributed by atoms with Crippen molar-refractivity contribution in [1.82, 2.24) is 14.9 Å². The van der Waals surface area contributed by atoms with Gasteiger partial charge in [0.15, 0.2) is 0 Å². The number of ether oxygens (including phenoxy) is 1. The zero-order valence-corrected chi connectivity index (χ0v) is 13.2. The monoisotopic (exact) mass is 299 g/mol. The number of rotatable bonds is 6. The second kappa shape index (κ2) is 7.33. The van der Waals surface area contributed by atoms with Crippen molar-refractivity contribution in [3.63, 3.8) is 0 Å². The molecule has 112 valence electrons. The molecule has 0 radical (unpaired) electrons. The molecule has 0 aliphatic carbocycles. The molecule has 0 saturated heterocycles. The fourth-order valence-corrected chi connectivity index (χ4v) is 2.37. The number of hydrogen-bond donors (Lipinski definition) is 1. The summed E-state index contributed by atoms with van der Waals surface area (Å²) in [5, 5.41) is 6.80. The average Bonchev–Trinajstić information content (AvgIpc) is 2.83. The number of carbonyl (C=O) groups is 2. The predicted molar refractivity (Wildman–Crippen MR) is 76.8 cm³/mol. The molecule has 1 N–H and O–H groups in total. The van der Waals surface area contributed by atoms with Crippen molar-refractivity contribution in [3.05, 3.63) is 10.6 Å². The van der Waals surface area contributed by atoms with Crippen LogP contribution in [0.15, 0.2) is 0 Å². The van der Waals surface area contributed by atoms with Gasteiger partial charge in [0.1, 0.15) is 4.88 Å². The second-order valence-corrected chi connectivity index (χ2v) is 6.12. The van der Waals surface area contributed by atoms with Gasteiger partial charge in [-0.3, -0.25) is 9.59 Å². The molecule has 0 fully saturated rings. The molecule has 1 aromatic rings. The molecule has 0 aromatic carbocycles. The van der Waals surface area contributed by atoms with Gasteiger partial charge >= 0.3 is 5.97 Å². The van der Waals surface area contributed by atoms with Crippen molar-refractivity contribution in [2.45, 2.75) is 46.0 Å². The number of carbonyl (C=O) groups excluding carboxylic acids is 2. The predicted octanol–water partition coefficient (Wildman–Crippen LogP) is 1.91. The third kappa shape index (κ3) is 4.88. The molecule has 0 saturated carbocycles. The van der Waals surface area contributed by atoms with Crippen LogP contribution in [0.4, 0.5) is 0 Å². The van der Waals surface area contributed by atoms with Gasteiger partial charge in [-0.2, -0.15) is 0 Å². The van der Waals surface area contributed by atoms with E-state index >= 15 is 0 Å². The third-order valence-corrected chi connectivity index (χ3v) is 3.28. The molecule has 1 rings (SSSR count). The van der Waals surface area contributed by atoms with Crippen LogP contribution >= 0.6 is 11.5 Å². The molecule has 1 aromatic heterocycles. The lowest BCUT2D eigenvalue weighted by molar-refractivity contribution is -0.143. The molecule has 0 spiro atoms. The van der Waals surface area contributed by atoms with Crippen LogP contribution in [0.25, 0.3) is 0 Å². The van der Waals surface area contributed by atoms with Crippen molar-refractivity contribution in [2.75, 3.05) is 13.2 Å². The number of aromatic nitrogens is 2. The van der Waals surface area contributed by atoms with Crippen LogP contribution < -0.4 is 5.32 Å². The second-order valence-electron chi connectivity index (χ2n) is 5.37. The van der Waals surface area contributed by atoms with E-state index in [1.165, 1.54) is 0 Å². The van der Waals surface area contributed by atoms with E-state index in [-0.39, 0.29) is 17.3 Å². The largest absolute Gasteiger partial charge is 0.466 e. The zero-order chi connectivity index (χ0) is 15.2. The summed E-state index contributed by atoms with van der Waals surface area (Å²) >= 11 is 1.09. The first kappa shape index (κ1) is 16.6. The molecule has 6 nitrogen and oxygen atoms in total. The van der Waals surface area contributed by atoms with Crippen LogP contribution in [0.3, 0.4) is 0 Å². The highest BCUT2D eigenvalue weighted by Crippen LogP contribution is 2.25. The molecule has 1 amide bonds. The van der Waals surface area contributed by atoms with E-state index in [0.717, 1.165) is 11.5 Å². The van der Waals surface area contributed by atoms with Gasteiger partial charge in [-0.05, 0) is 24.9 Å². The van der Waals surface area contributed by atoms with Crippen LogP contribution in [0.5, 0.6) is 0 Å². The van der Waals surface area contributed by atoms with E-state index in [4.69, 9.17) is 4.74 Å². The van der Waals surface area contributed by atoms with Gasteiger partial charge in [0.25, 0.3) is 5.91 Å². The fourth-order valence-electron chi connectivity index (χ4n) is 1.58. The highest BCUT2D eigenvalue weighted by Gasteiger charge is 2.26. The summed E-state index contributed by atoms with van der Waals surface area (Å²) in [4.78, 5) is 23.7. The quantitative estimate of drug-likeness (QED) is 0.641. The highest BCUT2D eigenvalue weighted by atomic mass is 32.1. The lowest BCUT2D eigenvalue weighted by Crippen LogP contribution is -2.27. The Kier molecular flexibility index (Phi) is 6.06. The molecule has 0 bridgehead atoms. The Morgan fingerprint density at radius 2 is 2.05 bits per heavy atom. The van der Waals surface area contributed by atoms with Gasteiger partial charge < -0.3 is 10.1 Å². The Bertz CT molecular complexity index is 466. The minimum atomic E-state index is -0.239. The van der Waals surface area contributed by atoms with Gasteiger partial charge in [-0.25, -0.2) is 0 Å². The number of esters is 1. The molecule has 0 aliphatic heterocycles. The Balaban J connectivity index is 2.45. The first-order valence-electron chi connectivity index (χ1n) is 6.63. The standard InChI is InChI=1S/C13H21N3O3S/c1-5-19-9(17)7-6-8-14-12(18)10-11(13(2,3)4)15-16-20-10/h5-8H2,1-4H3,(H,14,18). The maximum atomic E-state index is 12.0. The molecule has 0 unspecified atom stereocenters. The van der Waals surface area contributed by atoms with Gasteiger partial charge in [-0.1, -0.05) is 25.3 Å². The maximum Gasteiger partial charge on any atom is 0.305 e.